The van der Waals surface area contributed by atoms with Crippen LogP contribution in [0.3, 0.4) is 0 Å². The quantitative estimate of drug-likeness (QED) is 0.326. The Bertz CT molecular complexity index is 162. The molecule has 0 saturated heterocycles. The molecule has 16 heavy (non-hydrogen) atoms. The Morgan fingerprint density at radius 2 is 1.44 bits per heavy atom. The number of rotatable bonds is 11. The maximum Gasteiger partial charge on any atom is 0.177 e. The van der Waals surface area contributed by atoms with Crippen molar-refractivity contribution in [2.75, 3.05) is 0 Å². The molecule has 0 radical (unpaired) electrons. The summed E-state index contributed by atoms with van der Waals surface area (Å²) in [7, 11) is 0. The first-order valence-electron chi connectivity index (χ1n) is 6.41. The van der Waals surface area contributed by atoms with Crippen LogP contribution in [0.15, 0.2) is 5.18 Å². The zero-order chi connectivity index (χ0) is 12.2. The highest BCUT2D eigenvalue weighted by Gasteiger charge is 2.15. The Balaban J connectivity index is 3.22. The second kappa shape index (κ2) is 11.0. The van der Waals surface area contributed by atoms with Gasteiger partial charge in [-0.1, -0.05) is 63.5 Å². The minimum Gasteiger partial charge on any atom is -0.366 e. The molecule has 4 nitrogen and oxygen atoms in total. The molecule has 96 valence electrons. The summed E-state index contributed by atoms with van der Waals surface area (Å²) in [6.07, 6.45) is 8.35. The van der Waals surface area contributed by atoms with Crippen LogP contribution >= 0.6 is 0 Å². The molecule has 1 unspecified atom stereocenters. The average Bonchev–Trinajstić information content (AvgIpc) is 2.26. The number of nitroso groups, excluding NO2 is 1. The van der Waals surface area contributed by atoms with Crippen LogP contribution < -0.4 is 0 Å². The van der Waals surface area contributed by atoms with Crippen molar-refractivity contribution < 1.29 is 10.2 Å². The Morgan fingerprint density at radius 1 is 0.938 bits per heavy atom. The second-order valence-corrected chi connectivity index (χ2v) is 4.35. The lowest BCUT2D eigenvalue weighted by molar-refractivity contribution is -0.0596. The number of aliphatic hydroxyl groups is 2. The minimum atomic E-state index is -1.60. The third-order valence-corrected chi connectivity index (χ3v) is 2.83. The molecule has 4 heteroatoms. The van der Waals surface area contributed by atoms with Gasteiger partial charge >= 0.3 is 0 Å². The van der Waals surface area contributed by atoms with Gasteiger partial charge in [0.05, 0.1) is 0 Å². The molecule has 0 aliphatic heterocycles. The van der Waals surface area contributed by atoms with Gasteiger partial charge in [0.2, 0.25) is 0 Å². The van der Waals surface area contributed by atoms with Crippen molar-refractivity contribution >= 4 is 0 Å². The van der Waals surface area contributed by atoms with Crippen molar-refractivity contribution in [2.45, 2.75) is 77.0 Å². The van der Waals surface area contributed by atoms with Crippen LogP contribution in [-0.4, -0.2) is 22.5 Å². The third-order valence-electron chi connectivity index (χ3n) is 2.83. The normalized spacial score (nSPS) is 13.0. The predicted molar refractivity (Wildman–Crippen MR) is 65.0 cm³/mol. The zero-order valence-corrected chi connectivity index (χ0v) is 10.3. The molecule has 0 saturated carbocycles. The summed E-state index contributed by atoms with van der Waals surface area (Å²) in [5, 5.41) is 20.2. The number of hydrogen-bond acceptors (Lipinski definition) is 4. The van der Waals surface area contributed by atoms with E-state index >= 15 is 0 Å². The molecule has 0 rings (SSSR count). The lowest BCUT2D eigenvalue weighted by Crippen LogP contribution is -2.22. The van der Waals surface area contributed by atoms with Crippen molar-refractivity contribution in [1.82, 2.24) is 0 Å². The van der Waals surface area contributed by atoms with Gasteiger partial charge in [0.15, 0.2) is 6.29 Å². The van der Waals surface area contributed by atoms with E-state index in [9.17, 15) is 4.91 Å². The van der Waals surface area contributed by atoms with Gasteiger partial charge in [-0.25, -0.2) is 0 Å². The maximum absolute atomic E-state index is 10.2. The molecule has 0 aromatic rings. The van der Waals surface area contributed by atoms with E-state index in [2.05, 4.69) is 12.1 Å². The minimum absolute atomic E-state index is 0.482. The van der Waals surface area contributed by atoms with Crippen LogP contribution in [0.25, 0.3) is 0 Å². The topological polar surface area (TPSA) is 69.9 Å². The summed E-state index contributed by atoms with van der Waals surface area (Å²) in [5.41, 5.74) is 0. The van der Waals surface area contributed by atoms with Crippen LogP contribution in [0.2, 0.25) is 0 Å². The largest absolute Gasteiger partial charge is 0.366 e. The Morgan fingerprint density at radius 3 is 1.88 bits per heavy atom. The van der Waals surface area contributed by atoms with E-state index in [-0.39, 0.29) is 0 Å². The molecule has 0 aromatic heterocycles. The molecular formula is C12H25NO3. The molecule has 0 spiro atoms. The highest BCUT2D eigenvalue weighted by Crippen LogP contribution is 2.12. The van der Waals surface area contributed by atoms with Gasteiger partial charge in [0.25, 0.3) is 0 Å². The smallest absolute Gasteiger partial charge is 0.177 e. The van der Waals surface area contributed by atoms with E-state index in [1.54, 1.807) is 0 Å². The Kier molecular flexibility index (Phi) is 10.7. The summed E-state index contributed by atoms with van der Waals surface area (Å²) in [5.74, 6) is 0. The fourth-order valence-corrected chi connectivity index (χ4v) is 1.74. The van der Waals surface area contributed by atoms with Gasteiger partial charge in [-0.05, 0) is 6.42 Å². The van der Waals surface area contributed by atoms with E-state index in [1.165, 1.54) is 32.1 Å². The van der Waals surface area contributed by atoms with E-state index in [4.69, 9.17) is 10.2 Å². The van der Waals surface area contributed by atoms with Crippen LogP contribution in [0.5, 0.6) is 0 Å². The average molecular weight is 231 g/mol. The first kappa shape index (κ1) is 15.5. The summed E-state index contributed by atoms with van der Waals surface area (Å²) in [6.45, 7) is 2.20. The third kappa shape index (κ3) is 8.80. The Labute approximate surface area is 98.0 Å². The first-order chi connectivity index (χ1) is 7.72. The standard InChI is InChI=1S/C12H25NO3/c1-2-3-4-5-6-7-8-9-10-11(13-16)12(14)15/h11-12,14-15H,2-10H2,1H3. The number of hydrogen-bond donors (Lipinski definition) is 2. The van der Waals surface area contributed by atoms with Crippen LogP contribution in [0.4, 0.5) is 0 Å². The van der Waals surface area contributed by atoms with Crippen LogP contribution in [-0.2, 0) is 0 Å². The fourth-order valence-electron chi connectivity index (χ4n) is 1.74. The zero-order valence-electron chi connectivity index (χ0n) is 10.3. The van der Waals surface area contributed by atoms with Crippen molar-refractivity contribution in [3.63, 3.8) is 0 Å². The SMILES string of the molecule is CCCCCCCCCCC(N=O)C(O)O. The summed E-state index contributed by atoms with van der Waals surface area (Å²) < 4.78 is 0. The van der Waals surface area contributed by atoms with E-state index in [1.807, 2.05) is 0 Å². The maximum atomic E-state index is 10.2. The summed E-state index contributed by atoms with van der Waals surface area (Å²) >= 11 is 0. The molecule has 0 aliphatic rings. The number of unbranched alkanes of at least 4 members (excludes halogenated alkanes) is 7. The molecular weight excluding hydrogens is 206 g/mol. The van der Waals surface area contributed by atoms with E-state index < -0.39 is 12.3 Å². The van der Waals surface area contributed by atoms with Gasteiger partial charge in [-0.15, -0.1) is 0 Å². The highest BCUT2D eigenvalue weighted by molar-refractivity contribution is 4.66. The van der Waals surface area contributed by atoms with Gasteiger partial charge in [-0.3, -0.25) is 0 Å². The van der Waals surface area contributed by atoms with E-state index in [0.717, 1.165) is 19.3 Å². The van der Waals surface area contributed by atoms with Crippen molar-refractivity contribution in [2.24, 2.45) is 5.18 Å². The fraction of sp³-hybridized carbons (Fsp3) is 1.00. The van der Waals surface area contributed by atoms with Gasteiger partial charge in [0, 0.05) is 0 Å². The van der Waals surface area contributed by atoms with Gasteiger partial charge in [-0.2, -0.15) is 4.91 Å². The lowest BCUT2D eigenvalue weighted by Gasteiger charge is -2.10. The van der Waals surface area contributed by atoms with Crippen molar-refractivity contribution in [3.8, 4) is 0 Å². The Hall–Kier alpha value is -0.480. The molecule has 2 N–H and O–H groups in total. The molecule has 0 heterocycles. The lowest BCUT2D eigenvalue weighted by atomic mass is 10.0. The molecule has 1 atom stereocenters. The number of nitrogens with zero attached hydrogens (tertiary/aromatic N) is 1. The van der Waals surface area contributed by atoms with Crippen LogP contribution in [0.1, 0.15) is 64.7 Å². The molecule has 0 fully saturated rings. The first-order valence-corrected chi connectivity index (χ1v) is 6.41. The molecule has 0 aliphatic carbocycles. The highest BCUT2D eigenvalue weighted by atomic mass is 16.5. The van der Waals surface area contributed by atoms with Crippen LogP contribution in [0, 0.1) is 4.91 Å². The molecule has 0 aromatic carbocycles. The monoisotopic (exact) mass is 231 g/mol. The van der Waals surface area contributed by atoms with E-state index in [0.29, 0.717) is 6.42 Å². The van der Waals surface area contributed by atoms with Gasteiger partial charge in [0.1, 0.15) is 6.04 Å². The predicted octanol–water partition coefficient (Wildman–Crippen LogP) is 2.96. The molecule has 0 bridgehead atoms. The molecule has 0 amide bonds. The number of aliphatic hydroxyl groups excluding tert-OH is 1. The van der Waals surface area contributed by atoms with Crippen molar-refractivity contribution in [3.05, 3.63) is 4.91 Å². The second-order valence-electron chi connectivity index (χ2n) is 4.35. The van der Waals surface area contributed by atoms with Gasteiger partial charge < -0.3 is 10.2 Å². The van der Waals surface area contributed by atoms with Crippen molar-refractivity contribution in [1.29, 1.82) is 0 Å². The summed E-state index contributed by atoms with van der Waals surface area (Å²) in [4.78, 5) is 10.2. The summed E-state index contributed by atoms with van der Waals surface area (Å²) in [6, 6.07) is -0.847.